The molecule has 3 aromatic carbocycles. The highest BCUT2D eigenvalue weighted by Crippen LogP contribution is 2.36. The second kappa shape index (κ2) is 8.25. The molecule has 1 aliphatic heterocycles. The maximum absolute atomic E-state index is 12.7. The third-order valence-electron chi connectivity index (χ3n) is 4.73. The fraction of sp³-hybridized carbons (Fsp3) is 0.182. The van der Waals surface area contributed by atoms with Crippen molar-refractivity contribution in [2.75, 3.05) is 23.7 Å². The molecule has 0 radical (unpaired) electrons. The van der Waals surface area contributed by atoms with E-state index in [1.165, 1.54) is 0 Å². The third-order valence-corrected chi connectivity index (χ3v) is 6.11. The SMILES string of the molecule is O=C(CN1C(=O)c2cccc3cccc1c23)NCCSCc1ccccc1Cl. The molecule has 4 rings (SSSR count). The zero-order valence-electron chi connectivity index (χ0n) is 15.2. The van der Waals surface area contributed by atoms with Gasteiger partial charge in [0.1, 0.15) is 6.54 Å². The highest BCUT2D eigenvalue weighted by atomic mass is 35.5. The summed E-state index contributed by atoms with van der Waals surface area (Å²) in [4.78, 5) is 26.6. The molecule has 142 valence electrons. The Morgan fingerprint density at radius 1 is 1.04 bits per heavy atom. The molecule has 0 bridgehead atoms. The van der Waals surface area contributed by atoms with E-state index < -0.39 is 0 Å². The zero-order valence-corrected chi connectivity index (χ0v) is 16.7. The van der Waals surface area contributed by atoms with Gasteiger partial charge in [-0.05, 0) is 29.1 Å². The van der Waals surface area contributed by atoms with Crippen LogP contribution in [0.5, 0.6) is 0 Å². The van der Waals surface area contributed by atoms with Gasteiger partial charge in [-0.1, -0.05) is 54.1 Å². The van der Waals surface area contributed by atoms with Gasteiger partial charge in [-0.15, -0.1) is 0 Å². The number of hydrogen-bond acceptors (Lipinski definition) is 3. The van der Waals surface area contributed by atoms with E-state index in [2.05, 4.69) is 5.32 Å². The standard InChI is InChI=1S/C22H19ClN2O2S/c23-18-9-2-1-5-16(18)14-28-12-11-24-20(26)13-25-19-10-4-7-15-6-3-8-17(21(15)19)22(25)27/h1-10H,11-14H2,(H,24,26). The topological polar surface area (TPSA) is 49.4 Å². The average Bonchev–Trinajstić information content (AvgIpc) is 2.97. The number of nitrogens with one attached hydrogen (secondary N) is 1. The van der Waals surface area contributed by atoms with Gasteiger partial charge in [0.15, 0.2) is 0 Å². The Labute approximate surface area is 172 Å². The molecule has 2 amide bonds. The van der Waals surface area contributed by atoms with Crippen molar-refractivity contribution in [3.63, 3.8) is 0 Å². The first-order valence-corrected chi connectivity index (χ1v) is 10.6. The van der Waals surface area contributed by atoms with Crippen molar-refractivity contribution in [3.8, 4) is 0 Å². The fourth-order valence-electron chi connectivity index (χ4n) is 3.40. The molecule has 0 saturated carbocycles. The van der Waals surface area contributed by atoms with Crippen LogP contribution in [0.3, 0.4) is 0 Å². The minimum atomic E-state index is -0.156. The Bertz CT molecular complexity index is 1050. The molecule has 0 fully saturated rings. The molecule has 28 heavy (non-hydrogen) atoms. The van der Waals surface area contributed by atoms with Crippen molar-refractivity contribution < 1.29 is 9.59 Å². The van der Waals surface area contributed by atoms with Crippen molar-refractivity contribution in [3.05, 3.63) is 76.8 Å². The minimum Gasteiger partial charge on any atom is -0.354 e. The number of halogens is 1. The lowest BCUT2D eigenvalue weighted by atomic mass is 10.1. The van der Waals surface area contributed by atoms with E-state index in [1.54, 1.807) is 16.7 Å². The highest BCUT2D eigenvalue weighted by molar-refractivity contribution is 7.98. The predicted octanol–water partition coefficient (Wildman–Crippen LogP) is 4.50. The quantitative estimate of drug-likeness (QED) is 0.583. The molecule has 1 aliphatic rings. The Morgan fingerprint density at radius 3 is 2.64 bits per heavy atom. The molecular weight excluding hydrogens is 392 g/mol. The lowest BCUT2D eigenvalue weighted by molar-refractivity contribution is -0.119. The van der Waals surface area contributed by atoms with Crippen molar-refractivity contribution in [2.45, 2.75) is 5.75 Å². The Kier molecular flexibility index (Phi) is 5.55. The first kappa shape index (κ1) is 18.8. The van der Waals surface area contributed by atoms with Gasteiger partial charge in [0.05, 0.1) is 5.69 Å². The lowest BCUT2D eigenvalue weighted by Gasteiger charge is -2.17. The summed E-state index contributed by atoms with van der Waals surface area (Å²) in [6.07, 6.45) is 0. The summed E-state index contributed by atoms with van der Waals surface area (Å²) in [7, 11) is 0. The van der Waals surface area contributed by atoms with E-state index in [1.807, 2.05) is 60.7 Å². The van der Waals surface area contributed by atoms with Crippen molar-refractivity contribution in [1.29, 1.82) is 0 Å². The van der Waals surface area contributed by atoms with Crippen LogP contribution in [-0.2, 0) is 10.5 Å². The van der Waals surface area contributed by atoms with Crippen LogP contribution in [-0.4, -0.2) is 30.7 Å². The lowest BCUT2D eigenvalue weighted by Crippen LogP contribution is -2.39. The van der Waals surface area contributed by atoms with E-state index in [4.69, 9.17) is 11.6 Å². The van der Waals surface area contributed by atoms with Crippen LogP contribution in [0.1, 0.15) is 15.9 Å². The highest BCUT2D eigenvalue weighted by Gasteiger charge is 2.30. The van der Waals surface area contributed by atoms with Gasteiger partial charge in [0, 0.05) is 34.0 Å². The third kappa shape index (κ3) is 3.73. The monoisotopic (exact) mass is 410 g/mol. The van der Waals surface area contributed by atoms with Gasteiger partial charge in [-0.25, -0.2) is 0 Å². The number of rotatable bonds is 7. The Hall–Kier alpha value is -2.50. The van der Waals surface area contributed by atoms with Gasteiger partial charge in [-0.3, -0.25) is 14.5 Å². The van der Waals surface area contributed by atoms with Crippen LogP contribution in [0, 0.1) is 0 Å². The molecule has 0 unspecified atom stereocenters. The summed E-state index contributed by atoms with van der Waals surface area (Å²) in [5, 5.41) is 5.61. The summed E-state index contributed by atoms with van der Waals surface area (Å²) < 4.78 is 0. The molecule has 0 aromatic heterocycles. The number of carbonyl (C=O) groups is 2. The first-order chi connectivity index (χ1) is 13.6. The molecule has 0 atom stereocenters. The van der Waals surface area contributed by atoms with Crippen LogP contribution in [0.2, 0.25) is 5.02 Å². The van der Waals surface area contributed by atoms with Gasteiger partial charge in [0.2, 0.25) is 5.91 Å². The smallest absolute Gasteiger partial charge is 0.259 e. The second-order valence-corrected chi connectivity index (χ2v) is 8.08. The van der Waals surface area contributed by atoms with Crippen molar-refractivity contribution in [2.24, 2.45) is 0 Å². The summed E-state index contributed by atoms with van der Waals surface area (Å²) in [6.45, 7) is 0.578. The van der Waals surface area contributed by atoms with Crippen LogP contribution in [0.4, 0.5) is 5.69 Å². The number of thioether (sulfide) groups is 1. The first-order valence-electron chi connectivity index (χ1n) is 9.06. The molecule has 1 N–H and O–H groups in total. The Morgan fingerprint density at radius 2 is 1.82 bits per heavy atom. The van der Waals surface area contributed by atoms with Crippen LogP contribution in [0.25, 0.3) is 10.8 Å². The maximum Gasteiger partial charge on any atom is 0.259 e. The second-order valence-electron chi connectivity index (χ2n) is 6.57. The molecule has 3 aromatic rings. The number of hydrogen-bond donors (Lipinski definition) is 1. The van der Waals surface area contributed by atoms with Gasteiger partial charge < -0.3 is 5.32 Å². The van der Waals surface area contributed by atoms with Gasteiger partial charge >= 0.3 is 0 Å². The number of anilines is 1. The van der Waals surface area contributed by atoms with Crippen LogP contribution < -0.4 is 10.2 Å². The number of amides is 2. The summed E-state index contributed by atoms with van der Waals surface area (Å²) in [6, 6.07) is 19.2. The largest absolute Gasteiger partial charge is 0.354 e. The van der Waals surface area contributed by atoms with Gasteiger partial charge in [-0.2, -0.15) is 11.8 Å². The van der Waals surface area contributed by atoms with Crippen molar-refractivity contribution >= 4 is 51.6 Å². The zero-order chi connectivity index (χ0) is 19.5. The maximum atomic E-state index is 12.7. The van der Waals surface area contributed by atoms with Crippen molar-refractivity contribution in [1.82, 2.24) is 5.32 Å². The number of carbonyl (C=O) groups excluding carboxylic acids is 2. The molecule has 0 aliphatic carbocycles. The van der Waals surface area contributed by atoms with Crippen LogP contribution in [0.15, 0.2) is 60.7 Å². The van der Waals surface area contributed by atoms with E-state index in [-0.39, 0.29) is 18.4 Å². The fourth-order valence-corrected chi connectivity index (χ4v) is 4.54. The summed E-state index contributed by atoms with van der Waals surface area (Å²) in [5.74, 6) is 1.31. The molecule has 6 heteroatoms. The molecule has 0 saturated heterocycles. The predicted molar refractivity (Wildman–Crippen MR) is 116 cm³/mol. The van der Waals surface area contributed by atoms with E-state index in [0.29, 0.717) is 12.1 Å². The van der Waals surface area contributed by atoms with Gasteiger partial charge in [0.25, 0.3) is 5.91 Å². The summed E-state index contributed by atoms with van der Waals surface area (Å²) in [5.41, 5.74) is 2.56. The molecule has 4 nitrogen and oxygen atoms in total. The minimum absolute atomic E-state index is 0.0296. The van der Waals surface area contributed by atoms with E-state index in [0.717, 1.165) is 38.6 Å². The summed E-state index contributed by atoms with van der Waals surface area (Å²) >= 11 is 7.86. The number of nitrogens with zero attached hydrogens (tertiary/aromatic N) is 1. The number of benzene rings is 3. The normalized spacial score (nSPS) is 12.6. The molecular formula is C22H19ClN2O2S. The molecule has 0 spiro atoms. The molecule has 1 heterocycles. The Balaban J connectivity index is 1.30. The van der Waals surface area contributed by atoms with Crippen LogP contribution >= 0.6 is 23.4 Å². The average molecular weight is 411 g/mol. The van der Waals surface area contributed by atoms with E-state index >= 15 is 0 Å². The van der Waals surface area contributed by atoms with E-state index in [9.17, 15) is 9.59 Å².